The third-order valence-corrected chi connectivity index (χ3v) is 4.92. The van der Waals surface area contributed by atoms with Gasteiger partial charge >= 0.3 is 0 Å². The van der Waals surface area contributed by atoms with Crippen LogP contribution in [-0.4, -0.2) is 27.6 Å². The number of pyridine rings is 1. The van der Waals surface area contributed by atoms with Gasteiger partial charge in [0.2, 0.25) is 0 Å². The smallest absolute Gasteiger partial charge is 0.253 e. The van der Waals surface area contributed by atoms with E-state index in [1.807, 2.05) is 0 Å². The molecular weight excluding hydrogens is 326 g/mol. The average Bonchev–Trinajstić information content (AvgIpc) is 2.63. The number of hydrogen-bond donors (Lipinski definition) is 0. The molecule has 0 radical (unpaired) electrons. The molecule has 3 rings (SSSR count). The van der Waals surface area contributed by atoms with Crippen molar-refractivity contribution in [2.75, 3.05) is 18.0 Å². The van der Waals surface area contributed by atoms with E-state index in [2.05, 4.69) is 41.7 Å². The first-order valence-electron chi connectivity index (χ1n) is 9.05. The Kier molecular flexibility index (Phi) is 5.08. The lowest BCUT2D eigenvalue weighted by Gasteiger charge is -2.33. The van der Waals surface area contributed by atoms with Gasteiger partial charge in [-0.15, -0.1) is 0 Å². The summed E-state index contributed by atoms with van der Waals surface area (Å²) in [6.07, 6.45) is 5.34. The van der Waals surface area contributed by atoms with Gasteiger partial charge in [-0.1, -0.05) is 20.8 Å². The van der Waals surface area contributed by atoms with Crippen LogP contribution in [0, 0.1) is 17.2 Å². The van der Waals surface area contributed by atoms with Gasteiger partial charge < -0.3 is 4.90 Å². The molecule has 0 unspecified atom stereocenters. The summed E-state index contributed by atoms with van der Waals surface area (Å²) in [6, 6.07) is 7.46. The molecule has 0 N–H and O–H groups in total. The van der Waals surface area contributed by atoms with E-state index in [1.165, 1.54) is 0 Å². The van der Waals surface area contributed by atoms with Gasteiger partial charge in [0.25, 0.3) is 5.56 Å². The summed E-state index contributed by atoms with van der Waals surface area (Å²) in [5.41, 5.74) is 1.34. The molecule has 2 aromatic rings. The van der Waals surface area contributed by atoms with Gasteiger partial charge in [0.15, 0.2) is 0 Å². The number of rotatable bonds is 3. The summed E-state index contributed by atoms with van der Waals surface area (Å²) < 4.78 is 1.72. The Labute approximate surface area is 154 Å². The summed E-state index contributed by atoms with van der Waals surface area (Å²) in [6.45, 7) is 8.56. The van der Waals surface area contributed by atoms with Crippen molar-refractivity contribution in [2.24, 2.45) is 5.92 Å². The quantitative estimate of drug-likeness (QED) is 0.850. The monoisotopic (exact) mass is 351 g/mol. The van der Waals surface area contributed by atoms with Crippen molar-refractivity contribution < 1.29 is 0 Å². The van der Waals surface area contributed by atoms with Crippen molar-refractivity contribution in [1.29, 1.82) is 5.26 Å². The maximum atomic E-state index is 12.4. The number of anilines is 1. The molecular formula is C20H25N5O. The van der Waals surface area contributed by atoms with Crippen molar-refractivity contribution in [3.63, 3.8) is 0 Å². The highest BCUT2D eigenvalue weighted by molar-refractivity contribution is 5.53. The topological polar surface area (TPSA) is 74.8 Å². The first-order valence-corrected chi connectivity index (χ1v) is 9.05. The zero-order valence-corrected chi connectivity index (χ0v) is 15.6. The van der Waals surface area contributed by atoms with E-state index in [0.29, 0.717) is 18.0 Å². The van der Waals surface area contributed by atoms with Crippen molar-refractivity contribution in [2.45, 2.75) is 45.6 Å². The van der Waals surface area contributed by atoms with Gasteiger partial charge in [0.05, 0.1) is 17.6 Å². The largest absolute Gasteiger partial charge is 0.356 e. The van der Waals surface area contributed by atoms with Crippen LogP contribution >= 0.6 is 0 Å². The maximum Gasteiger partial charge on any atom is 0.253 e. The number of aromatic nitrogens is 3. The van der Waals surface area contributed by atoms with Crippen LogP contribution in [0.5, 0.6) is 0 Å². The average molecular weight is 351 g/mol. The van der Waals surface area contributed by atoms with Crippen molar-refractivity contribution in [1.82, 2.24) is 14.5 Å². The SMILES string of the molecule is CC(C)(C)c1cc(=O)n(CC2CCN(c3ncccc3C#N)CC2)cn1. The molecule has 0 aliphatic carbocycles. The second-order valence-corrected chi connectivity index (χ2v) is 7.93. The highest BCUT2D eigenvalue weighted by Crippen LogP contribution is 2.25. The van der Waals surface area contributed by atoms with Gasteiger partial charge in [0.1, 0.15) is 11.9 Å². The number of nitrogens with zero attached hydrogens (tertiary/aromatic N) is 5. The number of hydrogen-bond acceptors (Lipinski definition) is 5. The van der Waals surface area contributed by atoms with E-state index in [9.17, 15) is 10.1 Å². The fourth-order valence-electron chi connectivity index (χ4n) is 3.31. The minimum absolute atomic E-state index is 0.0175. The van der Waals surface area contributed by atoms with E-state index < -0.39 is 0 Å². The van der Waals surface area contributed by atoms with Crippen molar-refractivity contribution in [3.05, 3.63) is 52.3 Å². The summed E-state index contributed by atoms with van der Waals surface area (Å²) in [7, 11) is 0. The fourth-order valence-corrected chi connectivity index (χ4v) is 3.31. The molecule has 0 aromatic carbocycles. The zero-order valence-electron chi connectivity index (χ0n) is 15.6. The molecule has 0 amide bonds. The molecule has 1 aliphatic rings. The van der Waals surface area contributed by atoms with E-state index >= 15 is 0 Å². The van der Waals surface area contributed by atoms with Crippen LogP contribution in [0.15, 0.2) is 35.5 Å². The van der Waals surface area contributed by atoms with Gasteiger partial charge in [0, 0.05) is 37.3 Å². The Hall–Kier alpha value is -2.68. The summed E-state index contributed by atoms with van der Waals surface area (Å²) >= 11 is 0. The second-order valence-electron chi connectivity index (χ2n) is 7.93. The molecule has 0 atom stereocenters. The molecule has 0 saturated carbocycles. The van der Waals surface area contributed by atoms with Crippen LogP contribution in [-0.2, 0) is 12.0 Å². The van der Waals surface area contributed by atoms with E-state index in [4.69, 9.17) is 0 Å². The predicted octanol–water partition coefficient (Wildman–Crippen LogP) is 2.72. The highest BCUT2D eigenvalue weighted by atomic mass is 16.1. The maximum absolute atomic E-state index is 12.4. The van der Waals surface area contributed by atoms with E-state index in [-0.39, 0.29) is 11.0 Å². The molecule has 1 fully saturated rings. The zero-order chi connectivity index (χ0) is 18.7. The minimum Gasteiger partial charge on any atom is -0.356 e. The molecule has 3 heterocycles. The van der Waals surface area contributed by atoms with Crippen LogP contribution < -0.4 is 10.5 Å². The number of piperidine rings is 1. The fraction of sp³-hybridized carbons (Fsp3) is 0.500. The summed E-state index contributed by atoms with van der Waals surface area (Å²) in [4.78, 5) is 23.4. The van der Waals surface area contributed by atoms with Gasteiger partial charge in [-0.25, -0.2) is 9.97 Å². The lowest BCUT2D eigenvalue weighted by atomic mass is 9.92. The molecule has 1 aliphatic heterocycles. The Morgan fingerprint density at radius 2 is 2.00 bits per heavy atom. The lowest BCUT2D eigenvalue weighted by molar-refractivity contribution is 0.349. The molecule has 0 bridgehead atoms. The highest BCUT2D eigenvalue weighted by Gasteiger charge is 2.23. The summed E-state index contributed by atoms with van der Waals surface area (Å²) in [5, 5.41) is 9.24. The lowest BCUT2D eigenvalue weighted by Crippen LogP contribution is -2.37. The van der Waals surface area contributed by atoms with Gasteiger partial charge in [-0.3, -0.25) is 9.36 Å². The molecule has 6 nitrogen and oxygen atoms in total. The molecule has 0 spiro atoms. The molecule has 1 saturated heterocycles. The van der Waals surface area contributed by atoms with Crippen LogP contribution in [0.1, 0.15) is 44.9 Å². The third kappa shape index (κ3) is 3.93. The Bertz CT molecular complexity index is 867. The minimum atomic E-state index is -0.120. The third-order valence-electron chi connectivity index (χ3n) is 4.92. The van der Waals surface area contributed by atoms with Gasteiger partial charge in [-0.05, 0) is 30.9 Å². The Balaban J connectivity index is 1.65. The molecule has 6 heteroatoms. The Morgan fingerprint density at radius 3 is 2.62 bits per heavy atom. The van der Waals surface area contributed by atoms with Crippen molar-refractivity contribution in [3.8, 4) is 6.07 Å². The predicted molar refractivity (Wildman–Crippen MR) is 101 cm³/mol. The van der Waals surface area contributed by atoms with Crippen LogP contribution in [0.25, 0.3) is 0 Å². The standard InChI is InChI=1S/C20H25N5O/c1-20(2,3)17-11-18(26)25(14-23-17)13-15-6-9-24(10-7-15)19-16(12-21)5-4-8-22-19/h4-5,8,11,14-15H,6-7,9-10,13H2,1-3H3. The first kappa shape index (κ1) is 18.1. The van der Waals surface area contributed by atoms with E-state index in [0.717, 1.165) is 37.4 Å². The number of nitriles is 1. The molecule has 136 valence electrons. The first-order chi connectivity index (χ1) is 12.4. The molecule has 2 aromatic heterocycles. The van der Waals surface area contributed by atoms with Crippen LogP contribution in [0.3, 0.4) is 0 Å². The van der Waals surface area contributed by atoms with E-state index in [1.54, 1.807) is 35.3 Å². The summed E-state index contributed by atoms with van der Waals surface area (Å²) in [5.74, 6) is 1.20. The molecule has 26 heavy (non-hydrogen) atoms. The second kappa shape index (κ2) is 7.28. The van der Waals surface area contributed by atoms with Crippen molar-refractivity contribution >= 4 is 5.82 Å². The van der Waals surface area contributed by atoms with Crippen LogP contribution in [0.2, 0.25) is 0 Å². The van der Waals surface area contributed by atoms with Crippen LogP contribution in [0.4, 0.5) is 5.82 Å². The Morgan fingerprint density at radius 1 is 1.27 bits per heavy atom. The van der Waals surface area contributed by atoms with Gasteiger partial charge in [-0.2, -0.15) is 5.26 Å². The normalized spacial score (nSPS) is 15.7.